The van der Waals surface area contributed by atoms with E-state index >= 15 is 0 Å². The van der Waals surface area contributed by atoms with Crippen molar-refractivity contribution in [2.45, 2.75) is 49.0 Å². The standard InChI is InChI=1S/C17H19F2N3O2S/c18-14-6-5-13(9-15(14)19)25(23,24)20-7-8-22-17(12-3-4-12)10-16(21-22)11-1-2-11/h5-6,9-12,20H,1-4,7-8H2. The van der Waals surface area contributed by atoms with Crippen LogP contribution in [0.5, 0.6) is 0 Å². The van der Waals surface area contributed by atoms with Gasteiger partial charge >= 0.3 is 0 Å². The highest BCUT2D eigenvalue weighted by atomic mass is 32.2. The molecule has 2 aliphatic rings. The number of benzene rings is 1. The first-order chi connectivity index (χ1) is 11.9. The fourth-order valence-electron chi connectivity index (χ4n) is 2.93. The summed E-state index contributed by atoms with van der Waals surface area (Å²) in [7, 11) is -3.88. The molecule has 5 nitrogen and oxygen atoms in total. The molecule has 0 aliphatic heterocycles. The Kier molecular flexibility index (Phi) is 4.11. The van der Waals surface area contributed by atoms with Crippen molar-refractivity contribution >= 4 is 10.0 Å². The van der Waals surface area contributed by atoms with E-state index in [0.29, 0.717) is 24.4 Å². The van der Waals surface area contributed by atoms with Gasteiger partial charge in [-0.05, 0) is 49.9 Å². The van der Waals surface area contributed by atoms with Crippen LogP contribution in [0.1, 0.15) is 48.9 Å². The number of hydrogen-bond donors (Lipinski definition) is 1. The van der Waals surface area contributed by atoms with Crippen LogP contribution in [-0.2, 0) is 16.6 Å². The lowest BCUT2D eigenvalue weighted by Crippen LogP contribution is -2.28. The minimum Gasteiger partial charge on any atom is -0.268 e. The lowest BCUT2D eigenvalue weighted by atomic mass is 10.2. The summed E-state index contributed by atoms with van der Waals surface area (Å²) < 4.78 is 54.9. The first-order valence-electron chi connectivity index (χ1n) is 8.46. The Morgan fingerprint density at radius 3 is 2.44 bits per heavy atom. The summed E-state index contributed by atoms with van der Waals surface area (Å²) in [6.07, 6.45) is 4.64. The summed E-state index contributed by atoms with van der Waals surface area (Å²) >= 11 is 0. The molecule has 0 bridgehead atoms. The number of nitrogens with one attached hydrogen (secondary N) is 1. The van der Waals surface area contributed by atoms with E-state index in [9.17, 15) is 17.2 Å². The minimum atomic E-state index is -3.88. The molecule has 1 heterocycles. The zero-order valence-electron chi connectivity index (χ0n) is 13.6. The van der Waals surface area contributed by atoms with Gasteiger partial charge in [0.05, 0.1) is 17.1 Å². The van der Waals surface area contributed by atoms with Crippen molar-refractivity contribution in [2.75, 3.05) is 6.54 Å². The molecule has 8 heteroatoms. The fourth-order valence-corrected chi connectivity index (χ4v) is 3.96. The van der Waals surface area contributed by atoms with Gasteiger partial charge in [0, 0.05) is 24.1 Å². The SMILES string of the molecule is O=S(=O)(NCCn1nc(C2CC2)cc1C1CC1)c1ccc(F)c(F)c1. The third kappa shape index (κ3) is 3.59. The molecule has 1 N–H and O–H groups in total. The number of nitrogens with zero attached hydrogens (tertiary/aromatic N) is 2. The average molecular weight is 367 g/mol. The summed E-state index contributed by atoms with van der Waals surface area (Å²) in [5.41, 5.74) is 2.28. The van der Waals surface area contributed by atoms with Crippen molar-refractivity contribution in [2.24, 2.45) is 0 Å². The highest BCUT2D eigenvalue weighted by molar-refractivity contribution is 7.89. The second kappa shape index (κ2) is 6.17. The van der Waals surface area contributed by atoms with Gasteiger partial charge in [0.25, 0.3) is 0 Å². The molecule has 2 fully saturated rings. The van der Waals surface area contributed by atoms with Crippen molar-refractivity contribution in [3.63, 3.8) is 0 Å². The van der Waals surface area contributed by atoms with Gasteiger partial charge < -0.3 is 0 Å². The second-order valence-corrected chi connectivity index (χ2v) is 8.51. The monoisotopic (exact) mass is 367 g/mol. The number of aromatic nitrogens is 2. The Bertz CT molecular complexity index is 903. The van der Waals surface area contributed by atoms with Crippen molar-refractivity contribution in [1.29, 1.82) is 0 Å². The van der Waals surface area contributed by atoms with Gasteiger partial charge in [0.1, 0.15) is 0 Å². The van der Waals surface area contributed by atoms with Crippen LogP contribution >= 0.6 is 0 Å². The van der Waals surface area contributed by atoms with E-state index in [1.54, 1.807) is 0 Å². The minimum absolute atomic E-state index is 0.146. The van der Waals surface area contributed by atoms with Gasteiger partial charge in [0.2, 0.25) is 10.0 Å². The van der Waals surface area contributed by atoms with Gasteiger partial charge in [-0.25, -0.2) is 21.9 Å². The van der Waals surface area contributed by atoms with E-state index in [0.717, 1.165) is 30.7 Å². The highest BCUT2D eigenvalue weighted by Gasteiger charge is 2.32. The van der Waals surface area contributed by atoms with Gasteiger partial charge in [-0.3, -0.25) is 4.68 Å². The highest BCUT2D eigenvalue weighted by Crippen LogP contribution is 2.44. The summed E-state index contributed by atoms with van der Waals surface area (Å²) in [5, 5.41) is 4.62. The van der Waals surface area contributed by atoms with Gasteiger partial charge in [-0.15, -0.1) is 0 Å². The lowest BCUT2D eigenvalue weighted by Gasteiger charge is -2.09. The van der Waals surface area contributed by atoms with E-state index in [1.807, 2.05) is 4.68 Å². The van der Waals surface area contributed by atoms with Crippen LogP contribution in [0.4, 0.5) is 8.78 Å². The molecule has 0 unspecified atom stereocenters. The molecule has 0 radical (unpaired) electrons. The van der Waals surface area contributed by atoms with Crippen molar-refractivity contribution in [1.82, 2.24) is 14.5 Å². The molecule has 1 aromatic carbocycles. The molecule has 0 atom stereocenters. The van der Waals surface area contributed by atoms with Crippen LogP contribution in [0.15, 0.2) is 29.2 Å². The molecular formula is C17H19F2N3O2S. The van der Waals surface area contributed by atoms with Crippen LogP contribution in [0.25, 0.3) is 0 Å². The molecule has 0 spiro atoms. The van der Waals surface area contributed by atoms with Crippen LogP contribution < -0.4 is 4.72 Å². The number of sulfonamides is 1. The van der Waals surface area contributed by atoms with E-state index in [4.69, 9.17) is 0 Å². The summed E-state index contributed by atoms with van der Waals surface area (Å²) in [6.45, 7) is 0.564. The van der Waals surface area contributed by atoms with Crippen LogP contribution in [0, 0.1) is 11.6 Å². The Morgan fingerprint density at radius 2 is 1.80 bits per heavy atom. The molecule has 134 valence electrons. The zero-order valence-corrected chi connectivity index (χ0v) is 14.4. The van der Waals surface area contributed by atoms with E-state index in [-0.39, 0.29) is 11.4 Å². The molecule has 25 heavy (non-hydrogen) atoms. The van der Waals surface area contributed by atoms with Gasteiger partial charge in [-0.1, -0.05) is 0 Å². The average Bonchev–Trinajstić information content (AvgIpc) is 3.48. The first-order valence-corrected chi connectivity index (χ1v) is 9.95. The van der Waals surface area contributed by atoms with Crippen LogP contribution in [0.2, 0.25) is 0 Å². The normalized spacial score (nSPS) is 17.8. The summed E-state index contributed by atoms with van der Waals surface area (Å²) in [6, 6.07) is 4.70. The Hall–Kier alpha value is -1.80. The number of hydrogen-bond acceptors (Lipinski definition) is 3. The maximum Gasteiger partial charge on any atom is 0.240 e. The molecule has 4 rings (SSSR count). The Balaban J connectivity index is 1.44. The molecule has 0 amide bonds. The van der Waals surface area contributed by atoms with Crippen LogP contribution in [-0.4, -0.2) is 24.7 Å². The van der Waals surface area contributed by atoms with Crippen molar-refractivity contribution in [3.8, 4) is 0 Å². The lowest BCUT2D eigenvalue weighted by molar-refractivity contribution is 0.503. The van der Waals surface area contributed by atoms with Gasteiger partial charge in [-0.2, -0.15) is 5.10 Å². The third-order valence-electron chi connectivity index (χ3n) is 4.64. The first kappa shape index (κ1) is 16.7. The van der Waals surface area contributed by atoms with Gasteiger partial charge in [0.15, 0.2) is 11.6 Å². The molecule has 2 aromatic rings. The smallest absolute Gasteiger partial charge is 0.240 e. The van der Waals surface area contributed by atoms with E-state index in [1.165, 1.54) is 18.5 Å². The van der Waals surface area contributed by atoms with E-state index in [2.05, 4.69) is 15.9 Å². The predicted molar refractivity (Wildman–Crippen MR) is 87.7 cm³/mol. The fraction of sp³-hybridized carbons (Fsp3) is 0.471. The Morgan fingerprint density at radius 1 is 1.08 bits per heavy atom. The molecular weight excluding hydrogens is 348 g/mol. The maximum atomic E-state index is 13.2. The van der Waals surface area contributed by atoms with Crippen LogP contribution in [0.3, 0.4) is 0 Å². The van der Waals surface area contributed by atoms with E-state index < -0.39 is 21.7 Å². The zero-order chi connectivity index (χ0) is 17.6. The summed E-state index contributed by atoms with van der Waals surface area (Å²) in [5.74, 6) is -1.17. The Labute approximate surface area is 145 Å². The quantitative estimate of drug-likeness (QED) is 0.818. The molecule has 2 aliphatic carbocycles. The molecule has 0 saturated heterocycles. The summed E-state index contributed by atoms with van der Waals surface area (Å²) in [4.78, 5) is -0.284. The molecule has 1 aromatic heterocycles. The second-order valence-electron chi connectivity index (χ2n) is 6.74. The van der Waals surface area contributed by atoms with Crippen molar-refractivity contribution < 1.29 is 17.2 Å². The third-order valence-corrected chi connectivity index (χ3v) is 6.10. The molecule has 2 saturated carbocycles. The predicted octanol–water partition coefficient (Wildman–Crippen LogP) is 2.89. The maximum absolute atomic E-state index is 13.2. The largest absolute Gasteiger partial charge is 0.268 e. The number of rotatable bonds is 7. The topological polar surface area (TPSA) is 64.0 Å². The number of halogens is 2. The van der Waals surface area contributed by atoms with Crippen molar-refractivity contribution in [3.05, 3.63) is 47.3 Å².